The first kappa shape index (κ1) is 19.8. The molecule has 30 heavy (non-hydrogen) atoms. The van der Waals surface area contributed by atoms with E-state index >= 15 is 0 Å². The molecule has 1 amide bonds. The fourth-order valence-electron chi connectivity index (χ4n) is 3.05. The summed E-state index contributed by atoms with van der Waals surface area (Å²) in [5, 5.41) is 4.04. The molecule has 0 atom stereocenters. The van der Waals surface area contributed by atoms with Crippen molar-refractivity contribution in [2.45, 2.75) is 32.8 Å². The molecule has 0 saturated carbocycles. The van der Waals surface area contributed by atoms with Crippen molar-refractivity contribution in [1.82, 2.24) is 25.0 Å². The average molecular weight is 405 g/mol. The summed E-state index contributed by atoms with van der Waals surface area (Å²) in [4.78, 5) is 27.3. The molecule has 8 heteroatoms. The number of carbonyl (C=O) groups is 1. The number of hydrogen-bond donors (Lipinski definition) is 0. The third-order valence-corrected chi connectivity index (χ3v) is 4.50. The van der Waals surface area contributed by atoms with Crippen molar-refractivity contribution in [2.24, 2.45) is 0 Å². The minimum absolute atomic E-state index is 0.308. The maximum Gasteiger partial charge on any atom is 0.410 e. The van der Waals surface area contributed by atoms with Gasteiger partial charge in [-0.3, -0.25) is 4.98 Å². The Kier molecular flexibility index (Phi) is 5.31. The normalized spacial score (nSPS) is 14.4. The van der Waals surface area contributed by atoms with Crippen molar-refractivity contribution in [3.8, 4) is 23.0 Å². The molecule has 0 saturated heterocycles. The molecule has 4 rings (SSSR count). The highest BCUT2D eigenvalue weighted by Crippen LogP contribution is 2.25. The van der Waals surface area contributed by atoms with Gasteiger partial charge in [-0.25, -0.2) is 9.78 Å². The largest absolute Gasteiger partial charge is 0.444 e. The molecule has 3 heterocycles. The van der Waals surface area contributed by atoms with Crippen LogP contribution in [-0.4, -0.2) is 49.8 Å². The van der Waals surface area contributed by atoms with Crippen LogP contribution in [0.25, 0.3) is 28.5 Å². The Balaban J connectivity index is 1.49. The van der Waals surface area contributed by atoms with Gasteiger partial charge in [0.15, 0.2) is 0 Å². The van der Waals surface area contributed by atoms with Crippen molar-refractivity contribution >= 4 is 11.7 Å². The van der Waals surface area contributed by atoms with Crippen molar-refractivity contribution in [3.05, 3.63) is 54.5 Å². The molecular weight excluding hydrogens is 382 g/mol. The summed E-state index contributed by atoms with van der Waals surface area (Å²) in [7, 11) is 0. The van der Waals surface area contributed by atoms with E-state index in [2.05, 4.69) is 20.1 Å². The molecule has 1 aromatic carbocycles. The van der Waals surface area contributed by atoms with Crippen molar-refractivity contribution in [1.29, 1.82) is 0 Å². The van der Waals surface area contributed by atoms with Gasteiger partial charge in [0, 0.05) is 18.7 Å². The number of aromatic nitrogens is 4. The maximum atomic E-state index is 12.2. The molecule has 1 aliphatic heterocycles. The predicted octanol–water partition coefficient (Wildman–Crippen LogP) is 4.22. The molecule has 0 spiro atoms. The SMILES string of the molecule is CC(C)(C)OC(=O)N1CC=C(c2cncc(-c3noc(-c4ccccc4)n3)n2)CC1. The van der Waals surface area contributed by atoms with Gasteiger partial charge in [0.2, 0.25) is 5.82 Å². The van der Waals surface area contributed by atoms with Gasteiger partial charge >= 0.3 is 6.09 Å². The van der Waals surface area contributed by atoms with Crippen LogP contribution in [0.4, 0.5) is 4.79 Å². The smallest absolute Gasteiger partial charge is 0.410 e. The monoisotopic (exact) mass is 405 g/mol. The van der Waals surface area contributed by atoms with Crippen LogP contribution in [0.2, 0.25) is 0 Å². The van der Waals surface area contributed by atoms with Crippen LogP contribution in [0.15, 0.2) is 53.3 Å². The van der Waals surface area contributed by atoms with Gasteiger partial charge < -0.3 is 14.2 Å². The topological polar surface area (TPSA) is 94.2 Å². The first-order valence-electron chi connectivity index (χ1n) is 9.78. The summed E-state index contributed by atoms with van der Waals surface area (Å²) >= 11 is 0. The average Bonchev–Trinajstić information content (AvgIpc) is 3.24. The minimum atomic E-state index is -0.510. The van der Waals surface area contributed by atoms with Crippen LogP contribution in [0, 0.1) is 0 Å². The maximum absolute atomic E-state index is 12.2. The summed E-state index contributed by atoms with van der Waals surface area (Å²) in [6.07, 6.45) is 5.65. The van der Waals surface area contributed by atoms with Crippen LogP contribution in [-0.2, 0) is 4.74 Å². The van der Waals surface area contributed by atoms with E-state index in [0.717, 1.165) is 16.8 Å². The quantitative estimate of drug-likeness (QED) is 0.644. The molecule has 3 aromatic rings. The van der Waals surface area contributed by atoms with E-state index in [0.29, 0.717) is 36.9 Å². The van der Waals surface area contributed by atoms with Crippen LogP contribution >= 0.6 is 0 Å². The van der Waals surface area contributed by atoms with Crippen molar-refractivity contribution < 1.29 is 14.1 Å². The highest BCUT2D eigenvalue weighted by atomic mass is 16.6. The standard InChI is InChI=1S/C22H23N5O3/c1-22(2,3)29-21(28)27-11-9-15(10-12-27)17-13-23-14-18(24-17)19-25-20(30-26-19)16-7-5-4-6-8-16/h4-9,13-14H,10-12H2,1-3H3. The zero-order valence-electron chi connectivity index (χ0n) is 17.2. The summed E-state index contributed by atoms with van der Waals surface area (Å²) < 4.78 is 10.8. The molecule has 1 aliphatic rings. The molecule has 0 radical (unpaired) electrons. The summed E-state index contributed by atoms with van der Waals surface area (Å²) in [5.74, 6) is 0.817. The molecule has 0 bridgehead atoms. The first-order valence-corrected chi connectivity index (χ1v) is 9.78. The number of rotatable bonds is 3. The molecule has 8 nitrogen and oxygen atoms in total. The number of amides is 1. The second-order valence-electron chi connectivity index (χ2n) is 7.98. The Hall–Kier alpha value is -3.55. The van der Waals surface area contributed by atoms with E-state index in [1.807, 2.05) is 57.2 Å². The van der Waals surface area contributed by atoms with E-state index in [4.69, 9.17) is 9.26 Å². The zero-order chi connectivity index (χ0) is 21.1. The Labute approximate surface area is 174 Å². The Bertz CT molecular complexity index is 1070. The number of ether oxygens (including phenoxy) is 1. The third-order valence-electron chi connectivity index (χ3n) is 4.50. The van der Waals surface area contributed by atoms with Crippen molar-refractivity contribution in [3.63, 3.8) is 0 Å². The van der Waals surface area contributed by atoms with E-state index in [1.165, 1.54) is 0 Å². The molecular formula is C22H23N5O3. The van der Waals surface area contributed by atoms with E-state index in [-0.39, 0.29) is 6.09 Å². The minimum Gasteiger partial charge on any atom is -0.444 e. The van der Waals surface area contributed by atoms with Crippen LogP contribution in [0.3, 0.4) is 0 Å². The Morgan fingerprint density at radius 2 is 1.87 bits per heavy atom. The number of benzene rings is 1. The fourth-order valence-corrected chi connectivity index (χ4v) is 3.05. The van der Waals surface area contributed by atoms with Gasteiger partial charge in [-0.2, -0.15) is 4.98 Å². The Morgan fingerprint density at radius 1 is 1.10 bits per heavy atom. The summed E-state index contributed by atoms with van der Waals surface area (Å²) in [6.45, 7) is 6.61. The number of carbonyl (C=O) groups excluding carboxylic acids is 1. The molecule has 0 N–H and O–H groups in total. The van der Waals surface area contributed by atoms with Crippen LogP contribution < -0.4 is 0 Å². The molecule has 2 aromatic heterocycles. The third kappa shape index (κ3) is 4.53. The Morgan fingerprint density at radius 3 is 2.57 bits per heavy atom. The second-order valence-corrected chi connectivity index (χ2v) is 7.98. The van der Waals surface area contributed by atoms with Gasteiger partial charge in [-0.05, 0) is 44.9 Å². The zero-order valence-corrected chi connectivity index (χ0v) is 17.2. The highest BCUT2D eigenvalue weighted by molar-refractivity contribution is 5.72. The lowest BCUT2D eigenvalue weighted by atomic mass is 10.1. The fraction of sp³-hybridized carbons (Fsp3) is 0.318. The summed E-state index contributed by atoms with van der Waals surface area (Å²) in [5.41, 5.74) is 2.63. The number of hydrogen-bond acceptors (Lipinski definition) is 7. The van der Waals surface area contributed by atoms with Crippen LogP contribution in [0.5, 0.6) is 0 Å². The molecule has 0 fully saturated rings. The molecule has 154 valence electrons. The van der Waals surface area contributed by atoms with Gasteiger partial charge in [0.1, 0.15) is 11.3 Å². The van der Waals surface area contributed by atoms with Gasteiger partial charge in [-0.15, -0.1) is 0 Å². The highest BCUT2D eigenvalue weighted by Gasteiger charge is 2.24. The van der Waals surface area contributed by atoms with Gasteiger partial charge in [-0.1, -0.05) is 29.4 Å². The van der Waals surface area contributed by atoms with Crippen LogP contribution in [0.1, 0.15) is 32.9 Å². The second kappa shape index (κ2) is 8.06. The van der Waals surface area contributed by atoms with E-state index in [1.54, 1.807) is 17.3 Å². The molecule has 0 unspecified atom stereocenters. The lowest BCUT2D eigenvalue weighted by Crippen LogP contribution is -2.39. The number of nitrogens with zero attached hydrogens (tertiary/aromatic N) is 5. The summed E-state index contributed by atoms with van der Waals surface area (Å²) in [6, 6.07) is 9.56. The van der Waals surface area contributed by atoms with Gasteiger partial charge in [0.25, 0.3) is 5.89 Å². The predicted molar refractivity (Wildman–Crippen MR) is 111 cm³/mol. The lowest BCUT2D eigenvalue weighted by Gasteiger charge is -2.29. The lowest BCUT2D eigenvalue weighted by molar-refractivity contribution is 0.0270. The van der Waals surface area contributed by atoms with E-state index < -0.39 is 5.60 Å². The first-order chi connectivity index (χ1) is 14.4. The molecule has 0 aliphatic carbocycles. The van der Waals surface area contributed by atoms with Gasteiger partial charge in [0.05, 0.1) is 18.1 Å². The van der Waals surface area contributed by atoms with E-state index in [9.17, 15) is 4.79 Å². The van der Waals surface area contributed by atoms with Crippen molar-refractivity contribution in [2.75, 3.05) is 13.1 Å².